The van der Waals surface area contributed by atoms with Crippen LogP contribution in [-0.2, 0) is 4.74 Å². The molecule has 1 amide bonds. The summed E-state index contributed by atoms with van der Waals surface area (Å²) in [6.07, 6.45) is 5.49. The van der Waals surface area contributed by atoms with Crippen LogP contribution in [0.25, 0.3) is 0 Å². The summed E-state index contributed by atoms with van der Waals surface area (Å²) in [5, 5.41) is 3.16. The van der Waals surface area contributed by atoms with E-state index in [0.29, 0.717) is 23.5 Å². The first kappa shape index (κ1) is 16.6. The summed E-state index contributed by atoms with van der Waals surface area (Å²) in [6, 6.07) is 7.30. The van der Waals surface area contributed by atoms with Gasteiger partial charge < -0.3 is 14.8 Å². The van der Waals surface area contributed by atoms with Crippen LogP contribution in [0.4, 0.5) is 0 Å². The van der Waals surface area contributed by atoms with Crippen LogP contribution < -0.4 is 10.1 Å². The molecule has 1 saturated carbocycles. The van der Waals surface area contributed by atoms with Crippen LogP contribution in [0.1, 0.15) is 36.0 Å². The van der Waals surface area contributed by atoms with Gasteiger partial charge in [0.05, 0.1) is 18.8 Å². The maximum Gasteiger partial charge on any atom is 0.251 e. The SMILES string of the molecule is COc1ccc(C(=O)NC[C@H]2[C@H]3CN(CC4CC4)C[C@]34CC[C@H]2O4)cc1. The van der Waals surface area contributed by atoms with Gasteiger partial charge in [-0.25, -0.2) is 0 Å². The molecule has 1 N–H and O–H groups in total. The van der Waals surface area contributed by atoms with Gasteiger partial charge in [0.15, 0.2) is 0 Å². The highest BCUT2D eigenvalue weighted by Crippen LogP contribution is 2.55. The van der Waals surface area contributed by atoms with E-state index in [1.165, 1.54) is 25.8 Å². The van der Waals surface area contributed by atoms with Crippen molar-refractivity contribution in [2.24, 2.45) is 17.8 Å². The molecule has 1 aromatic rings. The third-order valence-electron chi connectivity index (χ3n) is 6.92. The molecule has 1 aromatic carbocycles. The Hall–Kier alpha value is -1.59. The summed E-state index contributed by atoms with van der Waals surface area (Å²) in [5.74, 6) is 2.73. The van der Waals surface area contributed by atoms with Gasteiger partial charge in [-0.15, -0.1) is 0 Å². The normalized spacial score (nSPS) is 35.5. The first-order chi connectivity index (χ1) is 12.7. The Balaban J connectivity index is 1.22. The predicted molar refractivity (Wildman–Crippen MR) is 98.3 cm³/mol. The maximum absolute atomic E-state index is 12.5. The van der Waals surface area contributed by atoms with Gasteiger partial charge in [0.25, 0.3) is 5.91 Å². The highest BCUT2D eigenvalue weighted by atomic mass is 16.5. The lowest BCUT2D eigenvalue weighted by Crippen LogP contribution is -2.41. The van der Waals surface area contributed by atoms with Crippen molar-refractivity contribution >= 4 is 5.91 Å². The second kappa shape index (κ2) is 6.24. The Kier molecular flexibility index (Phi) is 3.98. The molecule has 26 heavy (non-hydrogen) atoms. The highest BCUT2D eigenvalue weighted by Gasteiger charge is 2.62. The van der Waals surface area contributed by atoms with Gasteiger partial charge in [-0.2, -0.15) is 0 Å². The summed E-state index contributed by atoms with van der Waals surface area (Å²) in [4.78, 5) is 15.1. The van der Waals surface area contributed by atoms with Crippen LogP contribution in [0.2, 0.25) is 0 Å². The lowest BCUT2D eigenvalue weighted by Gasteiger charge is -2.29. The molecule has 3 saturated heterocycles. The van der Waals surface area contributed by atoms with Crippen LogP contribution in [-0.4, -0.2) is 55.8 Å². The van der Waals surface area contributed by atoms with Crippen LogP contribution in [0, 0.1) is 17.8 Å². The quantitative estimate of drug-likeness (QED) is 0.850. The van der Waals surface area contributed by atoms with Crippen LogP contribution >= 0.6 is 0 Å². The molecule has 140 valence electrons. The molecule has 3 aliphatic heterocycles. The highest BCUT2D eigenvalue weighted by molar-refractivity contribution is 5.94. The molecule has 1 aliphatic carbocycles. The summed E-state index contributed by atoms with van der Waals surface area (Å²) < 4.78 is 11.6. The molecule has 1 spiro atoms. The number of ether oxygens (including phenoxy) is 2. The fraction of sp³-hybridized carbons (Fsp3) is 0.667. The van der Waals surface area contributed by atoms with Gasteiger partial charge in [0, 0.05) is 43.6 Å². The predicted octanol–water partition coefficient (Wildman–Crippen LogP) is 2.31. The first-order valence-corrected chi connectivity index (χ1v) is 9.99. The van der Waals surface area contributed by atoms with Gasteiger partial charge in [0.1, 0.15) is 5.75 Å². The van der Waals surface area contributed by atoms with E-state index in [4.69, 9.17) is 9.47 Å². The zero-order chi connectivity index (χ0) is 17.7. The van der Waals surface area contributed by atoms with Crippen LogP contribution in [0.5, 0.6) is 5.75 Å². The lowest BCUT2D eigenvalue weighted by molar-refractivity contribution is 0.00244. The van der Waals surface area contributed by atoms with Crippen molar-refractivity contribution in [2.45, 2.75) is 37.4 Å². The Morgan fingerprint density at radius 1 is 1.31 bits per heavy atom. The Morgan fingerprint density at radius 2 is 2.12 bits per heavy atom. The van der Waals surface area contributed by atoms with Crippen molar-refractivity contribution in [2.75, 3.05) is 33.3 Å². The minimum absolute atomic E-state index is 0.00249. The van der Waals surface area contributed by atoms with Crippen molar-refractivity contribution < 1.29 is 14.3 Å². The van der Waals surface area contributed by atoms with Crippen molar-refractivity contribution in [1.29, 1.82) is 0 Å². The summed E-state index contributed by atoms with van der Waals surface area (Å²) in [7, 11) is 1.63. The second-order valence-corrected chi connectivity index (χ2v) is 8.61. The zero-order valence-corrected chi connectivity index (χ0v) is 15.4. The molecule has 5 heteroatoms. The summed E-state index contributed by atoms with van der Waals surface area (Å²) >= 11 is 0. The van der Waals surface area contributed by atoms with Gasteiger partial charge in [-0.3, -0.25) is 9.69 Å². The fourth-order valence-electron chi connectivity index (χ4n) is 5.42. The number of hydrogen-bond acceptors (Lipinski definition) is 4. The standard InChI is InChI=1S/C21H28N2O3/c1-25-16-6-4-15(5-7-16)20(24)22-10-17-18-12-23(11-14-2-3-14)13-21(18)9-8-19(17)26-21/h4-7,14,17-19H,2-3,8-13H2,1H3,(H,22,24)/t17-,18+,19+,21+/m0/s1. The topological polar surface area (TPSA) is 50.8 Å². The number of nitrogens with one attached hydrogen (secondary N) is 1. The van der Waals surface area contributed by atoms with Gasteiger partial charge in [0.2, 0.25) is 0 Å². The third kappa shape index (κ3) is 2.81. The number of likely N-dealkylation sites (tertiary alicyclic amines) is 1. The monoisotopic (exact) mass is 356 g/mol. The zero-order valence-electron chi connectivity index (χ0n) is 15.4. The number of nitrogens with zero attached hydrogens (tertiary/aromatic N) is 1. The number of hydrogen-bond donors (Lipinski definition) is 1. The number of benzene rings is 1. The van der Waals surface area contributed by atoms with Crippen molar-refractivity contribution in [3.05, 3.63) is 29.8 Å². The van der Waals surface area contributed by atoms with Crippen molar-refractivity contribution in [3.63, 3.8) is 0 Å². The number of rotatable bonds is 6. The first-order valence-electron chi connectivity index (χ1n) is 9.99. The number of fused-ring (bicyclic) bond motifs is 1. The average Bonchev–Trinajstić information content (AvgIpc) is 3.16. The van der Waals surface area contributed by atoms with E-state index in [2.05, 4.69) is 10.2 Å². The summed E-state index contributed by atoms with van der Waals surface area (Å²) in [5.41, 5.74) is 0.765. The Bertz CT molecular complexity index is 687. The molecular formula is C21H28N2O3. The minimum Gasteiger partial charge on any atom is -0.497 e. The van der Waals surface area contributed by atoms with E-state index in [1.54, 1.807) is 7.11 Å². The fourth-order valence-corrected chi connectivity index (χ4v) is 5.42. The molecule has 5 nitrogen and oxygen atoms in total. The van der Waals surface area contributed by atoms with E-state index in [1.807, 2.05) is 24.3 Å². The number of carbonyl (C=O) groups is 1. The van der Waals surface area contributed by atoms with Crippen LogP contribution in [0.15, 0.2) is 24.3 Å². The Morgan fingerprint density at radius 3 is 2.85 bits per heavy atom. The Labute approximate surface area is 155 Å². The third-order valence-corrected chi connectivity index (χ3v) is 6.92. The van der Waals surface area contributed by atoms with E-state index < -0.39 is 0 Å². The number of amides is 1. The molecule has 5 rings (SSSR count). The molecule has 0 unspecified atom stereocenters. The largest absolute Gasteiger partial charge is 0.497 e. The number of methoxy groups -OCH3 is 1. The second-order valence-electron chi connectivity index (χ2n) is 8.61. The van der Waals surface area contributed by atoms with E-state index in [0.717, 1.165) is 37.7 Å². The van der Waals surface area contributed by atoms with Crippen LogP contribution in [0.3, 0.4) is 0 Å². The molecule has 3 heterocycles. The summed E-state index contributed by atoms with van der Waals surface area (Å²) in [6.45, 7) is 4.22. The average molecular weight is 356 g/mol. The number of carbonyl (C=O) groups excluding carboxylic acids is 1. The molecule has 2 bridgehead atoms. The molecule has 4 atom stereocenters. The molecule has 0 aromatic heterocycles. The van der Waals surface area contributed by atoms with Gasteiger partial charge >= 0.3 is 0 Å². The van der Waals surface area contributed by atoms with E-state index >= 15 is 0 Å². The van der Waals surface area contributed by atoms with Gasteiger partial charge in [-0.1, -0.05) is 0 Å². The van der Waals surface area contributed by atoms with Gasteiger partial charge in [-0.05, 0) is 55.9 Å². The lowest BCUT2D eigenvalue weighted by atomic mass is 9.73. The van der Waals surface area contributed by atoms with E-state index in [-0.39, 0.29) is 11.5 Å². The molecule has 4 fully saturated rings. The molecular weight excluding hydrogens is 328 g/mol. The van der Waals surface area contributed by atoms with Crippen molar-refractivity contribution in [1.82, 2.24) is 10.2 Å². The molecule has 0 radical (unpaired) electrons. The van der Waals surface area contributed by atoms with Crippen molar-refractivity contribution in [3.8, 4) is 5.75 Å². The minimum atomic E-state index is -0.00249. The van der Waals surface area contributed by atoms with E-state index in [9.17, 15) is 4.79 Å². The smallest absolute Gasteiger partial charge is 0.251 e. The maximum atomic E-state index is 12.5. The molecule has 4 aliphatic rings.